The fraction of sp³-hybridized carbons (Fsp3) is 0.500. The predicted molar refractivity (Wildman–Crippen MR) is 70.0 cm³/mol. The van der Waals surface area contributed by atoms with Gasteiger partial charge in [0.05, 0.1) is 5.69 Å². The number of rotatable bonds is 2. The van der Waals surface area contributed by atoms with Gasteiger partial charge in [-0.15, -0.1) is 0 Å². The fourth-order valence-electron chi connectivity index (χ4n) is 2.42. The zero-order valence-corrected chi connectivity index (χ0v) is 10.6. The zero-order valence-electron chi connectivity index (χ0n) is 10.6. The van der Waals surface area contributed by atoms with Gasteiger partial charge in [0.2, 0.25) is 0 Å². The van der Waals surface area contributed by atoms with Crippen LogP contribution in [0.4, 0.5) is 14.9 Å². The summed E-state index contributed by atoms with van der Waals surface area (Å²) in [4.78, 5) is 11.8. The van der Waals surface area contributed by atoms with Gasteiger partial charge in [0.1, 0.15) is 5.82 Å². The average Bonchev–Trinajstić information content (AvgIpc) is 2.35. The average molecular weight is 250 g/mol. The zero-order chi connectivity index (χ0) is 13.0. The van der Waals surface area contributed by atoms with Crippen molar-refractivity contribution in [2.24, 2.45) is 5.92 Å². The molecule has 2 atom stereocenters. The minimum atomic E-state index is -0.413. The van der Waals surface area contributed by atoms with E-state index in [4.69, 9.17) is 0 Å². The predicted octanol–water partition coefficient (Wildman–Crippen LogP) is 3.53. The highest BCUT2D eigenvalue weighted by atomic mass is 19.1. The molecule has 0 saturated heterocycles. The van der Waals surface area contributed by atoms with Crippen LogP contribution in [0.3, 0.4) is 0 Å². The van der Waals surface area contributed by atoms with Crippen molar-refractivity contribution in [3.8, 4) is 0 Å². The molecule has 1 aromatic carbocycles. The minimum absolute atomic E-state index is 0.200. The summed E-state index contributed by atoms with van der Waals surface area (Å²) in [6, 6.07) is 6.06. The Bertz CT molecular complexity index is 422. The van der Waals surface area contributed by atoms with Crippen molar-refractivity contribution in [3.05, 3.63) is 30.1 Å². The van der Waals surface area contributed by atoms with Gasteiger partial charge in [0.25, 0.3) is 0 Å². The first-order valence-corrected chi connectivity index (χ1v) is 6.49. The highest BCUT2D eigenvalue weighted by Gasteiger charge is 2.22. The molecule has 1 aliphatic rings. The normalized spacial score (nSPS) is 23.4. The highest BCUT2D eigenvalue weighted by Crippen LogP contribution is 2.23. The van der Waals surface area contributed by atoms with E-state index in [1.165, 1.54) is 12.5 Å². The monoisotopic (exact) mass is 250 g/mol. The Morgan fingerprint density at radius 2 is 2.00 bits per heavy atom. The van der Waals surface area contributed by atoms with Crippen LogP contribution in [0.15, 0.2) is 24.3 Å². The summed E-state index contributed by atoms with van der Waals surface area (Å²) in [5, 5.41) is 5.48. The molecule has 18 heavy (non-hydrogen) atoms. The van der Waals surface area contributed by atoms with E-state index in [0.717, 1.165) is 19.3 Å². The Hall–Kier alpha value is -1.58. The number of hydrogen-bond donors (Lipinski definition) is 2. The smallest absolute Gasteiger partial charge is 0.319 e. The molecule has 98 valence electrons. The van der Waals surface area contributed by atoms with Crippen LogP contribution in [0.5, 0.6) is 0 Å². The second-order valence-corrected chi connectivity index (χ2v) is 4.95. The summed E-state index contributed by atoms with van der Waals surface area (Å²) in [7, 11) is 0. The first-order valence-electron chi connectivity index (χ1n) is 6.49. The number of hydrogen-bond acceptors (Lipinski definition) is 1. The van der Waals surface area contributed by atoms with E-state index in [9.17, 15) is 9.18 Å². The quantitative estimate of drug-likeness (QED) is 0.828. The fourth-order valence-corrected chi connectivity index (χ4v) is 2.42. The van der Waals surface area contributed by atoms with E-state index in [1.54, 1.807) is 18.2 Å². The van der Waals surface area contributed by atoms with Crippen molar-refractivity contribution in [1.29, 1.82) is 0 Å². The summed E-state index contributed by atoms with van der Waals surface area (Å²) in [5.74, 6) is 0.0782. The molecular formula is C14H19FN2O. The molecule has 2 N–H and O–H groups in total. The summed E-state index contributed by atoms with van der Waals surface area (Å²) < 4.78 is 13.4. The molecule has 0 unspecified atom stereocenters. The maximum atomic E-state index is 13.4. The van der Waals surface area contributed by atoms with Gasteiger partial charge in [-0.25, -0.2) is 9.18 Å². The van der Waals surface area contributed by atoms with Crippen molar-refractivity contribution < 1.29 is 9.18 Å². The Balaban J connectivity index is 1.90. The first kappa shape index (κ1) is 12.9. The maximum absolute atomic E-state index is 13.4. The van der Waals surface area contributed by atoms with E-state index < -0.39 is 5.82 Å². The number of urea groups is 1. The van der Waals surface area contributed by atoms with E-state index in [2.05, 4.69) is 17.6 Å². The van der Waals surface area contributed by atoms with E-state index in [0.29, 0.717) is 5.92 Å². The van der Waals surface area contributed by atoms with Crippen LogP contribution in [-0.4, -0.2) is 12.1 Å². The van der Waals surface area contributed by atoms with Crippen molar-refractivity contribution in [2.75, 3.05) is 5.32 Å². The summed E-state index contributed by atoms with van der Waals surface area (Å²) in [6.07, 6.45) is 4.53. The molecule has 1 aliphatic carbocycles. The lowest BCUT2D eigenvalue weighted by atomic mass is 9.86. The lowest BCUT2D eigenvalue weighted by molar-refractivity contribution is 0.232. The van der Waals surface area contributed by atoms with Gasteiger partial charge in [-0.05, 0) is 30.9 Å². The van der Waals surface area contributed by atoms with Gasteiger partial charge < -0.3 is 10.6 Å². The molecule has 4 heteroatoms. The third-order valence-corrected chi connectivity index (χ3v) is 3.55. The standard InChI is InChI=1S/C14H19FN2O/c1-10-6-2-4-8-12(10)16-14(18)17-13-9-5-3-7-11(13)15/h3,5,7,9-10,12H,2,4,6,8H2,1H3,(H2,16,17,18)/t10-,12-/m0/s1. The second kappa shape index (κ2) is 5.85. The molecule has 0 aliphatic heterocycles. The number of nitrogens with one attached hydrogen (secondary N) is 2. The third kappa shape index (κ3) is 3.22. The number of anilines is 1. The van der Waals surface area contributed by atoms with Crippen LogP contribution < -0.4 is 10.6 Å². The Morgan fingerprint density at radius 3 is 2.72 bits per heavy atom. The van der Waals surface area contributed by atoms with Crippen LogP contribution in [0.25, 0.3) is 0 Å². The Morgan fingerprint density at radius 1 is 1.28 bits per heavy atom. The third-order valence-electron chi connectivity index (χ3n) is 3.55. The second-order valence-electron chi connectivity index (χ2n) is 4.95. The number of para-hydroxylation sites is 1. The first-order chi connectivity index (χ1) is 8.66. The molecule has 2 amide bonds. The van der Waals surface area contributed by atoms with Gasteiger partial charge in [0.15, 0.2) is 0 Å². The van der Waals surface area contributed by atoms with Gasteiger partial charge >= 0.3 is 6.03 Å². The Kier molecular flexibility index (Phi) is 4.18. The molecule has 2 rings (SSSR count). The topological polar surface area (TPSA) is 41.1 Å². The molecule has 0 radical (unpaired) electrons. The molecule has 1 aromatic rings. The SMILES string of the molecule is C[C@H]1CCCC[C@@H]1NC(=O)Nc1ccccc1F. The lowest BCUT2D eigenvalue weighted by Gasteiger charge is -2.29. The van der Waals surface area contributed by atoms with Crippen molar-refractivity contribution >= 4 is 11.7 Å². The van der Waals surface area contributed by atoms with Crippen molar-refractivity contribution in [2.45, 2.75) is 38.6 Å². The highest BCUT2D eigenvalue weighted by molar-refractivity contribution is 5.89. The summed E-state index contributed by atoms with van der Waals surface area (Å²) >= 11 is 0. The molecule has 1 fully saturated rings. The maximum Gasteiger partial charge on any atom is 0.319 e. The number of amides is 2. The summed E-state index contributed by atoms with van der Waals surface area (Å²) in [6.45, 7) is 2.15. The van der Waals surface area contributed by atoms with Crippen LogP contribution in [0, 0.1) is 11.7 Å². The molecule has 1 saturated carbocycles. The number of carbonyl (C=O) groups is 1. The van der Waals surface area contributed by atoms with Crippen LogP contribution in [0.1, 0.15) is 32.6 Å². The number of halogens is 1. The van der Waals surface area contributed by atoms with Crippen LogP contribution >= 0.6 is 0 Å². The van der Waals surface area contributed by atoms with E-state index in [1.807, 2.05) is 0 Å². The Labute approximate surface area is 107 Å². The van der Waals surface area contributed by atoms with E-state index in [-0.39, 0.29) is 17.8 Å². The van der Waals surface area contributed by atoms with Gasteiger partial charge in [-0.1, -0.05) is 31.9 Å². The van der Waals surface area contributed by atoms with Gasteiger partial charge in [-0.3, -0.25) is 0 Å². The number of benzene rings is 1. The molecule has 3 nitrogen and oxygen atoms in total. The minimum Gasteiger partial charge on any atom is -0.335 e. The summed E-state index contributed by atoms with van der Waals surface area (Å²) in [5.41, 5.74) is 0.221. The molecular weight excluding hydrogens is 231 g/mol. The molecule has 0 spiro atoms. The lowest BCUT2D eigenvalue weighted by Crippen LogP contribution is -2.43. The van der Waals surface area contributed by atoms with Crippen LogP contribution in [-0.2, 0) is 0 Å². The van der Waals surface area contributed by atoms with E-state index >= 15 is 0 Å². The molecule has 0 aromatic heterocycles. The molecule has 0 bridgehead atoms. The van der Waals surface area contributed by atoms with Crippen molar-refractivity contribution in [3.63, 3.8) is 0 Å². The van der Waals surface area contributed by atoms with Crippen LogP contribution in [0.2, 0.25) is 0 Å². The molecule has 0 heterocycles. The van der Waals surface area contributed by atoms with Gasteiger partial charge in [0, 0.05) is 6.04 Å². The van der Waals surface area contributed by atoms with Gasteiger partial charge in [-0.2, -0.15) is 0 Å². The number of carbonyl (C=O) groups excluding carboxylic acids is 1. The van der Waals surface area contributed by atoms with Crippen molar-refractivity contribution in [1.82, 2.24) is 5.32 Å². The largest absolute Gasteiger partial charge is 0.335 e.